The first-order valence-electron chi connectivity index (χ1n) is 3.32. The van der Waals surface area contributed by atoms with Crippen LogP contribution in [0.4, 0.5) is 5.69 Å². The molecule has 1 rings (SSSR count). The van der Waals surface area contributed by atoms with Crippen LogP contribution < -0.4 is 5.43 Å². The van der Waals surface area contributed by atoms with Crippen molar-refractivity contribution < 1.29 is 8.42 Å². The second-order valence-electron chi connectivity index (χ2n) is 2.24. The predicted molar refractivity (Wildman–Crippen MR) is 46.1 cm³/mol. The van der Waals surface area contributed by atoms with Gasteiger partial charge in [-0.1, -0.05) is 22.7 Å². The lowest BCUT2D eigenvalue weighted by molar-refractivity contribution is 0.621. The van der Waals surface area contributed by atoms with Crippen molar-refractivity contribution in [2.45, 2.75) is 6.92 Å². The first kappa shape index (κ1) is 8.73. The largest absolute Gasteiger partial charge is 0.332 e. The van der Waals surface area contributed by atoms with E-state index in [1.807, 2.05) is 19.1 Å². The Balaban J connectivity index is 2.90. The summed E-state index contributed by atoms with van der Waals surface area (Å²) in [5.41, 5.74) is 4.07. The average molecular weight is 184 g/mol. The van der Waals surface area contributed by atoms with E-state index >= 15 is 0 Å². The van der Waals surface area contributed by atoms with Gasteiger partial charge in [0.05, 0.1) is 5.69 Å². The highest BCUT2D eigenvalue weighted by Gasteiger charge is 1.92. The third-order valence-corrected chi connectivity index (χ3v) is 1.63. The van der Waals surface area contributed by atoms with Gasteiger partial charge in [0.15, 0.2) is 0 Å². The minimum absolute atomic E-state index is 0.696. The van der Waals surface area contributed by atoms with Crippen LogP contribution in [0, 0.1) is 6.92 Å². The van der Waals surface area contributed by atoms with Gasteiger partial charge in [0, 0.05) is 0 Å². The number of para-hydroxylation sites is 1. The summed E-state index contributed by atoms with van der Waals surface area (Å²) >= 11 is 0. The molecule has 0 bridgehead atoms. The van der Waals surface area contributed by atoms with Crippen LogP contribution in [-0.2, 0) is 10.5 Å². The van der Waals surface area contributed by atoms with E-state index in [1.54, 1.807) is 12.1 Å². The van der Waals surface area contributed by atoms with Crippen molar-refractivity contribution in [1.29, 1.82) is 0 Å². The topological polar surface area (TPSA) is 58.5 Å². The number of nitrogens with one attached hydrogen (secondary N) is 1. The van der Waals surface area contributed by atoms with Crippen molar-refractivity contribution in [1.82, 2.24) is 0 Å². The Labute approximate surface area is 71.9 Å². The molecule has 1 aromatic carbocycles. The van der Waals surface area contributed by atoms with Gasteiger partial charge in [0.2, 0.25) is 0 Å². The van der Waals surface area contributed by atoms with Crippen LogP contribution in [0.5, 0.6) is 0 Å². The maximum Gasteiger partial charge on any atom is 0.332 e. The summed E-state index contributed by atoms with van der Waals surface area (Å²) in [6.07, 6.45) is 0. The second kappa shape index (κ2) is 3.87. The van der Waals surface area contributed by atoms with Crippen LogP contribution in [0.25, 0.3) is 0 Å². The molecule has 0 heterocycles. The van der Waals surface area contributed by atoms with E-state index in [-0.39, 0.29) is 0 Å². The highest BCUT2D eigenvalue weighted by atomic mass is 32.2. The van der Waals surface area contributed by atoms with E-state index in [2.05, 4.69) is 9.90 Å². The molecule has 0 saturated carbocycles. The lowest BCUT2D eigenvalue weighted by Crippen LogP contribution is -1.89. The Morgan fingerprint density at radius 1 is 1.33 bits per heavy atom. The molecule has 1 N–H and O–H groups in total. The van der Waals surface area contributed by atoms with Gasteiger partial charge in [0.1, 0.15) is 0 Å². The van der Waals surface area contributed by atoms with Gasteiger partial charge in [-0.25, -0.2) is 0 Å². The van der Waals surface area contributed by atoms with Crippen LogP contribution in [-0.4, -0.2) is 8.42 Å². The Hall–Kier alpha value is -1.36. The van der Waals surface area contributed by atoms with Crippen molar-refractivity contribution in [2.75, 3.05) is 5.43 Å². The molecule has 0 atom stereocenters. The van der Waals surface area contributed by atoms with Crippen molar-refractivity contribution in [3.05, 3.63) is 29.8 Å². The van der Waals surface area contributed by atoms with Gasteiger partial charge in [-0.05, 0) is 18.6 Å². The smallest absolute Gasteiger partial charge is 0.263 e. The van der Waals surface area contributed by atoms with E-state index in [0.717, 1.165) is 5.56 Å². The van der Waals surface area contributed by atoms with Crippen molar-refractivity contribution in [2.24, 2.45) is 4.47 Å². The molecule has 0 aliphatic rings. The molecule has 0 fully saturated rings. The van der Waals surface area contributed by atoms with Gasteiger partial charge in [-0.2, -0.15) is 8.42 Å². The van der Waals surface area contributed by atoms with E-state index in [4.69, 9.17) is 0 Å². The summed E-state index contributed by atoms with van der Waals surface area (Å²) < 4.78 is 23.2. The van der Waals surface area contributed by atoms with Crippen LogP contribution >= 0.6 is 0 Å². The zero-order chi connectivity index (χ0) is 8.97. The molecule has 0 unspecified atom stereocenters. The molecule has 4 nitrogen and oxygen atoms in total. The minimum Gasteiger partial charge on any atom is -0.263 e. The highest BCUT2D eigenvalue weighted by Crippen LogP contribution is 2.12. The Morgan fingerprint density at radius 2 is 2.00 bits per heavy atom. The molecule has 0 radical (unpaired) electrons. The fourth-order valence-electron chi connectivity index (χ4n) is 0.785. The summed E-state index contributed by atoms with van der Waals surface area (Å²) in [6, 6.07) is 7.30. The van der Waals surface area contributed by atoms with Crippen molar-refractivity contribution in [3.8, 4) is 0 Å². The van der Waals surface area contributed by atoms with E-state index in [1.165, 1.54) is 0 Å². The van der Waals surface area contributed by atoms with Crippen LogP contribution in [0.15, 0.2) is 28.7 Å². The summed E-state index contributed by atoms with van der Waals surface area (Å²) in [4.78, 5) is 0. The lowest BCUT2D eigenvalue weighted by atomic mass is 10.2. The molecule has 0 aliphatic heterocycles. The summed E-state index contributed by atoms with van der Waals surface area (Å²) in [5, 5.41) is 0. The number of rotatable bonds is 2. The number of hydrogen-bond acceptors (Lipinski definition) is 3. The molecule has 0 spiro atoms. The fraction of sp³-hybridized carbons (Fsp3) is 0.143. The highest BCUT2D eigenvalue weighted by molar-refractivity contribution is 7.61. The van der Waals surface area contributed by atoms with Crippen LogP contribution in [0.1, 0.15) is 5.56 Å². The summed E-state index contributed by atoms with van der Waals surface area (Å²) in [5.74, 6) is 0. The monoisotopic (exact) mass is 184 g/mol. The second-order valence-corrected chi connectivity index (χ2v) is 2.85. The third kappa shape index (κ3) is 2.35. The van der Waals surface area contributed by atoms with Gasteiger partial charge >= 0.3 is 10.5 Å². The van der Waals surface area contributed by atoms with Crippen LogP contribution in [0.3, 0.4) is 0 Å². The Kier molecular flexibility index (Phi) is 2.82. The van der Waals surface area contributed by atoms with E-state index < -0.39 is 10.5 Å². The third-order valence-electron chi connectivity index (χ3n) is 1.39. The van der Waals surface area contributed by atoms with Gasteiger partial charge < -0.3 is 0 Å². The SMILES string of the molecule is Cc1ccccc1NN=S(=O)=O. The number of hydrogen-bond donors (Lipinski definition) is 1. The molecule has 12 heavy (non-hydrogen) atoms. The molecule has 0 aromatic heterocycles. The predicted octanol–water partition coefficient (Wildman–Crippen LogP) is 1.38. The maximum atomic E-state index is 10.1. The number of aryl methyl sites for hydroxylation is 1. The molecule has 1 aromatic rings. The molecular weight excluding hydrogens is 176 g/mol. The Bertz CT molecular complexity index is 390. The average Bonchev–Trinajstić information content (AvgIpc) is 2.03. The van der Waals surface area contributed by atoms with Crippen LogP contribution in [0.2, 0.25) is 0 Å². The van der Waals surface area contributed by atoms with Gasteiger partial charge in [0.25, 0.3) is 0 Å². The standard InChI is InChI=1S/C7H8N2O2S/c1-6-4-2-3-5-7(6)8-9-12(10)11/h2-5,8H,1H3. The molecule has 5 heteroatoms. The van der Waals surface area contributed by atoms with Crippen molar-refractivity contribution in [3.63, 3.8) is 0 Å². The molecule has 64 valence electrons. The molecule has 0 aliphatic carbocycles. The first-order chi connectivity index (χ1) is 5.70. The number of benzene rings is 1. The molecular formula is C7H8N2O2S. The van der Waals surface area contributed by atoms with E-state index in [0.29, 0.717) is 5.69 Å². The first-order valence-corrected chi connectivity index (χ1v) is 4.35. The van der Waals surface area contributed by atoms with Crippen molar-refractivity contribution >= 4 is 16.2 Å². The maximum absolute atomic E-state index is 10.1. The normalized spacial score (nSPS) is 9.08. The fourth-order valence-corrected chi connectivity index (χ4v) is 0.958. The Morgan fingerprint density at radius 3 is 2.58 bits per heavy atom. The molecule has 0 amide bonds. The summed E-state index contributed by atoms with van der Waals surface area (Å²) in [6.45, 7) is 1.87. The van der Waals surface area contributed by atoms with Gasteiger partial charge in [-0.15, -0.1) is 0 Å². The summed E-state index contributed by atoms with van der Waals surface area (Å²) in [7, 11) is -2.41. The number of nitrogens with zero attached hydrogens (tertiary/aromatic N) is 1. The quantitative estimate of drug-likeness (QED) is 0.706. The zero-order valence-corrected chi connectivity index (χ0v) is 7.30. The van der Waals surface area contributed by atoms with E-state index in [9.17, 15) is 8.42 Å². The molecule has 0 saturated heterocycles. The minimum atomic E-state index is -2.41. The lowest BCUT2D eigenvalue weighted by Gasteiger charge is -2.00. The zero-order valence-electron chi connectivity index (χ0n) is 6.48. The number of anilines is 1. The van der Waals surface area contributed by atoms with Gasteiger partial charge in [-0.3, -0.25) is 5.43 Å².